The van der Waals surface area contributed by atoms with Crippen molar-refractivity contribution in [3.8, 4) is 0 Å². The molecule has 0 aliphatic heterocycles. The highest BCUT2D eigenvalue weighted by Gasteiger charge is 2.24. The van der Waals surface area contributed by atoms with Gasteiger partial charge in [0.2, 0.25) is 5.12 Å². The zero-order valence-electron chi connectivity index (χ0n) is 13.0. The van der Waals surface area contributed by atoms with Crippen molar-refractivity contribution >= 4 is 16.9 Å². The predicted molar refractivity (Wildman–Crippen MR) is 89.2 cm³/mol. The minimum atomic E-state index is 0.00857. The van der Waals surface area contributed by atoms with Crippen molar-refractivity contribution in [2.45, 2.75) is 46.1 Å². The second kappa shape index (κ2) is 10.0. The van der Waals surface area contributed by atoms with E-state index in [1.165, 1.54) is 17.3 Å². The van der Waals surface area contributed by atoms with Crippen LogP contribution in [-0.4, -0.2) is 34.9 Å². The van der Waals surface area contributed by atoms with Gasteiger partial charge in [0.05, 0.1) is 6.04 Å². The maximum absolute atomic E-state index is 12.5. The van der Waals surface area contributed by atoms with E-state index in [9.17, 15) is 4.79 Å². The minimum absolute atomic E-state index is 0.00857. The second-order valence-electron chi connectivity index (χ2n) is 4.95. The third-order valence-electron chi connectivity index (χ3n) is 3.54. The van der Waals surface area contributed by atoms with Crippen molar-refractivity contribution < 1.29 is 4.79 Å². The molecule has 0 saturated heterocycles. The van der Waals surface area contributed by atoms with Crippen LogP contribution in [0.4, 0.5) is 0 Å². The largest absolute Gasteiger partial charge is 0.293 e. The molecule has 3 heteroatoms. The maximum atomic E-state index is 12.5. The SMILES string of the molecule is CCCCSC(=O)C(Cc1ccccc1)N(CC)CC. The summed E-state index contributed by atoms with van der Waals surface area (Å²) < 4.78 is 0. The van der Waals surface area contributed by atoms with E-state index in [1.807, 2.05) is 18.2 Å². The third kappa shape index (κ3) is 5.68. The molecule has 1 aromatic carbocycles. The summed E-state index contributed by atoms with van der Waals surface area (Å²) >= 11 is 1.51. The van der Waals surface area contributed by atoms with Crippen LogP contribution >= 0.6 is 11.8 Å². The Kier molecular flexibility index (Phi) is 8.63. The van der Waals surface area contributed by atoms with Crippen molar-refractivity contribution in [2.75, 3.05) is 18.8 Å². The van der Waals surface area contributed by atoms with Crippen molar-refractivity contribution in [3.05, 3.63) is 35.9 Å². The van der Waals surface area contributed by atoms with E-state index in [2.05, 4.69) is 37.8 Å². The molecule has 1 unspecified atom stereocenters. The molecular formula is C17H27NOS. The van der Waals surface area contributed by atoms with E-state index >= 15 is 0 Å². The average Bonchev–Trinajstić information content (AvgIpc) is 2.48. The fourth-order valence-electron chi connectivity index (χ4n) is 2.28. The summed E-state index contributed by atoms with van der Waals surface area (Å²) in [6.45, 7) is 8.27. The topological polar surface area (TPSA) is 20.3 Å². The summed E-state index contributed by atoms with van der Waals surface area (Å²) in [5.41, 5.74) is 1.24. The Balaban J connectivity index is 2.71. The first-order chi connectivity index (χ1) is 9.72. The van der Waals surface area contributed by atoms with E-state index in [0.29, 0.717) is 5.12 Å². The van der Waals surface area contributed by atoms with Gasteiger partial charge in [-0.1, -0.05) is 69.3 Å². The monoisotopic (exact) mass is 293 g/mol. The lowest BCUT2D eigenvalue weighted by molar-refractivity contribution is -0.115. The highest BCUT2D eigenvalue weighted by Crippen LogP contribution is 2.17. The number of hydrogen-bond donors (Lipinski definition) is 0. The molecule has 0 saturated carbocycles. The standard InChI is InChI=1S/C17H27NOS/c1-4-7-13-20-17(19)16(18(5-2)6-3)14-15-11-9-8-10-12-15/h8-12,16H,4-7,13-14H2,1-3H3. The van der Waals surface area contributed by atoms with E-state index < -0.39 is 0 Å². The molecule has 0 amide bonds. The van der Waals surface area contributed by atoms with Gasteiger partial charge in [0.25, 0.3) is 0 Å². The van der Waals surface area contributed by atoms with Crippen LogP contribution in [0.15, 0.2) is 30.3 Å². The van der Waals surface area contributed by atoms with Crippen LogP contribution in [0, 0.1) is 0 Å². The molecule has 1 aromatic rings. The molecule has 0 radical (unpaired) electrons. The number of unbranched alkanes of at least 4 members (excludes halogenated alkanes) is 1. The summed E-state index contributed by atoms with van der Waals surface area (Å²) in [7, 11) is 0. The van der Waals surface area contributed by atoms with Gasteiger partial charge in [0.1, 0.15) is 0 Å². The molecule has 2 nitrogen and oxygen atoms in total. The molecule has 0 aliphatic carbocycles. The summed E-state index contributed by atoms with van der Waals surface area (Å²) in [4.78, 5) is 14.8. The number of nitrogens with zero attached hydrogens (tertiary/aromatic N) is 1. The summed E-state index contributed by atoms with van der Waals surface area (Å²) in [5, 5.41) is 0.325. The van der Waals surface area contributed by atoms with Crippen LogP contribution in [0.3, 0.4) is 0 Å². The molecule has 0 N–H and O–H groups in total. The highest BCUT2D eigenvalue weighted by atomic mass is 32.2. The lowest BCUT2D eigenvalue weighted by Crippen LogP contribution is -2.41. The zero-order chi connectivity index (χ0) is 14.8. The second-order valence-corrected chi connectivity index (χ2v) is 6.05. The van der Waals surface area contributed by atoms with Crippen LogP contribution in [0.5, 0.6) is 0 Å². The molecule has 1 rings (SSSR count). The van der Waals surface area contributed by atoms with Crippen LogP contribution in [0.1, 0.15) is 39.2 Å². The van der Waals surface area contributed by atoms with Crippen molar-refractivity contribution in [3.63, 3.8) is 0 Å². The molecule has 1 atom stereocenters. The van der Waals surface area contributed by atoms with Gasteiger partial charge in [-0.05, 0) is 31.5 Å². The Hall–Kier alpha value is -0.800. The predicted octanol–water partition coefficient (Wildman–Crippen LogP) is 4.00. The normalized spacial score (nSPS) is 12.6. The van der Waals surface area contributed by atoms with Gasteiger partial charge in [-0.2, -0.15) is 0 Å². The number of thioether (sulfide) groups is 1. The molecule has 0 aliphatic rings. The summed E-state index contributed by atoms with van der Waals surface area (Å²) in [6.07, 6.45) is 3.09. The summed E-state index contributed by atoms with van der Waals surface area (Å²) in [5.74, 6) is 0.946. The smallest absolute Gasteiger partial charge is 0.206 e. The Bertz CT molecular complexity index is 376. The highest BCUT2D eigenvalue weighted by molar-refractivity contribution is 8.13. The average molecular weight is 293 g/mol. The molecule has 0 heterocycles. The van der Waals surface area contributed by atoms with Crippen molar-refractivity contribution in [1.82, 2.24) is 4.90 Å². The number of carbonyl (C=O) groups is 1. The lowest BCUT2D eigenvalue weighted by atomic mass is 10.1. The minimum Gasteiger partial charge on any atom is -0.293 e. The quantitative estimate of drug-likeness (QED) is 0.642. The van der Waals surface area contributed by atoms with Crippen LogP contribution in [-0.2, 0) is 11.2 Å². The zero-order valence-corrected chi connectivity index (χ0v) is 13.8. The Morgan fingerprint density at radius 1 is 1.15 bits per heavy atom. The van der Waals surface area contributed by atoms with Crippen LogP contribution in [0.25, 0.3) is 0 Å². The van der Waals surface area contributed by atoms with Gasteiger partial charge in [-0.3, -0.25) is 9.69 Å². The molecular weight excluding hydrogens is 266 g/mol. The Morgan fingerprint density at radius 2 is 1.80 bits per heavy atom. The number of benzene rings is 1. The molecule has 20 heavy (non-hydrogen) atoms. The fraction of sp³-hybridized carbons (Fsp3) is 0.588. The Morgan fingerprint density at radius 3 is 2.35 bits per heavy atom. The van der Waals surface area contributed by atoms with E-state index in [0.717, 1.165) is 38.1 Å². The van der Waals surface area contributed by atoms with Crippen LogP contribution in [0.2, 0.25) is 0 Å². The molecule has 0 fully saturated rings. The molecule has 0 aromatic heterocycles. The van der Waals surface area contributed by atoms with Gasteiger partial charge >= 0.3 is 0 Å². The molecule has 0 spiro atoms. The molecule has 112 valence electrons. The van der Waals surface area contributed by atoms with Crippen molar-refractivity contribution in [1.29, 1.82) is 0 Å². The van der Waals surface area contributed by atoms with Gasteiger partial charge in [0.15, 0.2) is 0 Å². The summed E-state index contributed by atoms with van der Waals surface area (Å²) in [6, 6.07) is 10.3. The van der Waals surface area contributed by atoms with E-state index in [1.54, 1.807) is 0 Å². The lowest BCUT2D eigenvalue weighted by Gasteiger charge is -2.28. The Labute approximate surface area is 127 Å². The number of likely N-dealkylation sites (N-methyl/N-ethyl adjacent to an activating group) is 1. The maximum Gasteiger partial charge on any atom is 0.206 e. The molecule has 0 bridgehead atoms. The van der Waals surface area contributed by atoms with Crippen LogP contribution < -0.4 is 0 Å². The van der Waals surface area contributed by atoms with Gasteiger partial charge in [0, 0.05) is 5.75 Å². The van der Waals surface area contributed by atoms with Gasteiger partial charge in [-0.15, -0.1) is 0 Å². The number of rotatable bonds is 9. The van der Waals surface area contributed by atoms with Gasteiger partial charge < -0.3 is 0 Å². The number of carbonyl (C=O) groups excluding carboxylic acids is 1. The van der Waals surface area contributed by atoms with Crippen molar-refractivity contribution in [2.24, 2.45) is 0 Å². The first-order valence-corrected chi connectivity index (χ1v) is 8.66. The van der Waals surface area contributed by atoms with E-state index in [-0.39, 0.29) is 6.04 Å². The third-order valence-corrected chi connectivity index (χ3v) is 4.59. The first-order valence-electron chi connectivity index (χ1n) is 7.67. The fourth-order valence-corrected chi connectivity index (χ4v) is 3.34. The van der Waals surface area contributed by atoms with Gasteiger partial charge in [-0.25, -0.2) is 0 Å². The first kappa shape index (κ1) is 17.3. The van der Waals surface area contributed by atoms with E-state index in [4.69, 9.17) is 0 Å². The number of hydrogen-bond acceptors (Lipinski definition) is 3.